The van der Waals surface area contributed by atoms with Gasteiger partial charge in [0.15, 0.2) is 0 Å². The SMILES string of the molecule is CCN(CC)C(CNC(=O)NCc1cccc(NC(C)=O)c1)c1ccccc1. The van der Waals surface area contributed by atoms with Crippen LogP contribution in [0.15, 0.2) is 54.6 Å². The summed E-state index contributed by atoms with van der Waals surface area (Å²) in [5, 5.41) is 8.61. The van der Waals surface area contributed by atoms with Gasteiger partial charge in [0.25, 0.3) is 0 Å². The third kappa shape index (κ3) is 6.70. The first-order chi connectivity index (χ1) is 13.5. The lowest BCUT2D eigenvalue weighted by Gasteiger charge is -2.30. The van der Waals surface area contributed by atoms with Crippen molar-refractivity contribution in [1.29, 1.82) is 0 Å². The Morgan fingerprint density at radius 1 is 0.964 bits per heavy atom. The van der Waals surface area contributed by atoms with Crippen molar-refractivity contribution in [3.63, 3.8) is 0 Å². The Bertz CT molecular complexity index is 760. The molecule has 0 bridgehead atoms. The lowest BCUT2D eigenvalue weighted by molar-refractivity contribution is -0.114. The molecule has 0 saturated carbocycles. The molecule has 1 unspecified atom stereocenters. The van der Waals surface area contributed by atoms with Gasteiger partial charge in [-0.25, -0.2) is 4.79 Å². The molecular formula is C22H30N4O2. The standard InChI is InChI=1S/C22H30N4O2/c1-4-26(5-2)21(19-11-7-6-8-12-19)16-24-22(28)23-15-18-10-9-13-20(14-18)25-17(3)27/h6-14,21H,4-5,15-16H2,1-3H3,(H,25,27)(H2,23,24,28). The highest BCUT2D eigenvalue weighted by atomic mass is 16.2. The molecule has 0 aliphatic rings. The summed E-state index contributed by atoms with van der Waals surface area (Å²) in [5.74, 6) is -0.119. The predicted molar refractivity (Wildman–Crippen MR) is 113 cm³/mol. The first-order valence-electron chi connectivity index (χ1n) is 9.70. The van der Waals surface area contributed by atoms with Crippen LogP contribution in [0.1, 0.15) is 37.9 Å². The Hall–Kier alpha value is -2.86. The zero-order valence-electron chi connectivity index (χ0n) is 16.9. The van der Waals surface area contributed by atoms with E-state index < -0.39 is 0 Å². The molecule has 0 aliphatic heterocycles. The van der Waals surface area contributed by atoms with Crippen molar-refractivity contribution < 1.29 is 9.59 Å². The molecule has 0 fully saturated rings. The van der Waals surface area contributed by atoms with Gasteiger partial charge in [-0.2, -0.15) is 0 Å². The highest BCUT2D eigenvalue weighted by Crippen LogP contribution is 2.19. The third-order valence-corrected chi connectivity index (χ3v) is 4.59. The van der Waals surface area contributed by atoms with Gasteiger partial charge in [-0.3, -0.25) is 9.69 Å². The van der Waals surface area contributed by atoms with E-state index in [2.05, 4.69) is 46.8 Å². The van der Waals surface area contributed by atoms with Crippen LogP contribution >= 0.6 is 0 Å². The topological polar surface area (TPSA) is 73.5 Å². The summed E-state index contributed by atoms with van der Waals surface area (Å²) in [4.78, 5) is 25.8. The molecule has 0 aliphatic carbocycles. The summed E-state index contributed by atoms with van der Waals surface area (Å²) in [6.07, 6.45) is 0. The number of amides is 3. The molecule has 3 N–H and O–H groups in total. The zero-order valence-corrected chi connectivity index (χ0v) is 16.9. The van der Waals surface area contributed by atoms with E-state index in [1.54, 1.807) is 0 Å². The summed E-state index contributed by atoms with van der Waals surface area (Å²) in [6, 6.07) is 17.6. The Labute approximate surface area is 167 Å². The zero-order chi connectivity index (χ0) is 20.4. The lowest BCUT2D eigenvalue weighted by Crippen LogP contribution is -2.42. The van der Waals surface area contributed by atoms with Crippen molar-refractivity contribution in [2.75, 3.05) is 25.0 Å². The van der Waals surface area contributed by atoms with Crippen LogP contribution in [0.2, 0.25) is 0 Å². The Morgan fingerprint density at radius 3 is 2.32 bits per heavy atom. The van der Waals surface area contributed by atoms with Crippen LogP contribution < -0.4 is 16.0 Å². The molecule has 2 aromatic carbocycles. The highest BCUT2D eigenvalue weighted by molar-refractivity contribution is 5.88. The predicted octanol–water partition coefficient (Wildman–Crippen LogP) is 3.53. The van der Waals surface area contributed by atoms with E-state index in [1.165, 1.54) is 12.5 Å². The van der Waals surface area contributed by atoms with Crippen molar-refractivity contribution in [2.45, 2.75) is 33.4 Å². The summed E-state index contributed by atoms with van der Waals surface area (Å²) >= 11 is 0. The number of carbonyl (C=O) groups excluding carboxylic acids is 2. The summed E-state index contributed by atoms with van der Waals surface area (Å²) < 4.78 is 0. The number of likely N-dealkylation sites (N-methyl/N-ethyl adjacent to an activating group) is 1. The van der Waals surface area contributed by atoms with Gasteiger partial charge in [0, 0.05) is 25.7 Å². The van der Waals surface area contributed by atoms with Gasteiger partial charge >= 0.3 is 6.03 Å². The van der Waals surface area contributed by atoms with E-state index in [9.17, 15) is 9.59 Å². The molecular weight excluding hydrogens is 352 g/mol. The second-order valence-electron chi connectivity index (χ2n) is 6.59. The normalized spacial score (nSPS) is 11.7. The highest BCUT2D eigenvalue weighted by Gasteiger charge is 2.18. The number of carbonyl (C=O) groups is 2. The van der Waals surface area contributed by atoms with Gasteiger partial charge in [-0.05, 0) is 36.3 Å². The second kappa shape index (κ2) is 11.1. The molecule has 6 nitrogen and oxygen atoms in total. The Balaban J connectivity index is 1.91. The molecule has 28 heavy (non-hydrogen) atoms. The van der Waals surface area contributed by atoms with Gasteiger partial charge in [0.1, 0.15) is 0 Å². The number of nitrogens with zero attached hydrogens (tertiary/aromatic N) is 1. The Kier molecular flexibility index (Phi) is 8.49. The number of hydrogen-bond donors (Lipinski definition) is 3. The number of nitrogens with one attached hydrogen (secondary N) is 3. The smallest absolute Gasteiger partial charge is 0.315 e. The van der Waals surface area contributed by atoms with Crippen LogP contribution in [-0.4, -0.2) is 36.5 Å². The second-order valence-corrected chi connectivity index (χ2v) is 6.59. The van der Waals surface area contributed by atoms with Crippen LogP contribution in [0, 0.1) is 0 Å². The van der Waals surface area contributed by atoms with Crippen molar-refractivity contribution in [1.82, 2.24) is 15.5 Å². The van der Waals surface area contributed by atoms with Crippen molar-refractivity contribution in [2.24, 2.45) is 0 Å². The maximum atomic E-state index is 12.3. The minimum atomic E-state index is -0.210. The van der Waals surface area contributed by atoms with Gasteiger partial charge in [0.05, 0.1) is 6.04 Å². The van der Waals surface area contributed by atoms with Crippen LogP contribution in [-0.2, 0) is 11.3 Å². The third-order valence-electron chi connectivity index (χ3n) is 4.59. The lowest BCUT2D eigenvalue weighted by atomic mass is 10.1. The number of hydrogen-bond acceptors (Lipinski definition) is 3. The largest absolute Gasteiger partial charge is 0.336 e. The van der Waals surface area contributed by atoms with E-state index in [1.807, 2.05) is 42.5 Å². The van der Waals surface area contributed by atoms with Crippen LogP contribution in [0.5, 0.6) is 0 Å². The van der Waals surface area contributed by atoms with Crippen LogP contribution in [0.25, 0.3) is 0 Å². The fourth-order valence-corrected chi connectivity index (χ4v) is 3.19. The number of rotatable bonds is 9. The minimum Gasteiger partial charge on any atom is -0.336 e. The molecule has 6 heteroatoms. The maximum Gasteiger partial charge on any atom is 0.315 e. The van der Waals surface area contributed by atoms with E-state index in [4.69, 9.17) is 0 Å². The van der Waals surface area contributed by atoms with E-state index >= 15 is 0 Å². The molecule has 0 spiro atoms. The maximum absolute atomic E-state index is 12.3. The fourth-order valence-electron chi connectivity index (χ4n) is 3.19. The number of urea groups is 1. The summed E-state index contributed by atoms with van der Waals surface area (Å²) in [6.45, 7) is 8.47. The quantitative estimate of drug-likeness (QED) is 0.621. The van der Waals surface area contributed by atoms with Gasteiger partial charge in [-0.1, -0.05) is 56.3 Å². The average molecular weight is 383 g/mol. The van der Waals surface area contributed by atoms with Crippen LogP contribution in [0.4, 0.5) is 10.5 Å². The molecule has 1 atom stereocenters. The van der Waals surface area contributed by atoms with Crippen molar-refractivity contribution in [3.05, 3.63) is 65.7 Å². The molecule has 0 saturated heterocycles. The molecule has 0 radical (unpaired) electrons. The van der Waals surface area contributed by atoms with Crippen LogP contribution in [0.3, 0.4) is 0 Å². The number of anilines is 1. The molecule has 150 valence electrons. The van der Waals surface area contributed by atoms with Crippen molar-refractivity contribution >= 4 is 17.6 Å². The summed E-state index contributed by atoms with van der Waals surface area (Å²) in [5.41, 5.74) is 2.83. The molecule has 2 rings (SSSR count). The van der Waals surface area contributed by atoms with E-state index in [-0.39, 0.29) is 18.0 Å². The first-order valence-corrected chi connectivity index (χ1v) is 9.70. The van der Waals surface area contributed by atoms with Crippen molar-refractivity contribution in [3.8, 4) is 0 Å². The van der Waals surface area contributed by atoms with Gasteiger partial charge in [0.2, 0.25) is 5.91 Å². The molecule has 2 aromatic rings. The molecule has 0 aromatic heterocycles. The average Bonchev–Trinajstić information content (AvgIpc) is 2.70. The fraction of sp³-hybridized carbons (Fsp3) is 0.364. The van der Waals surface area contributed by atoms with E-state index in [0.717, 1.165) is 24.3 Å². The number of benzene rings is 2. The van der Waals surface area contributed by atoms with Gasteiger partial charge in [-0.15, -0.1) is 0 Å². The Morgan fingerprint density at radius 2 is 1.68 bits per heavy atom. The monoisotopic (exact) mass is 382 g/mol. The summed E-state index contributed by atoms with van der Waals surface area (Å²) in [7, 11) is 0. The molecule has 0 heterocycles. The van der Waals surface area contributed by atoms with E-state index in [0.29, 0.717) is 13.1 Å². The molecule has 3 amide bonds. The minimum absolute atomic E-state index is 0.119. The first kappa shape index (κ1) is 21.4. The van der Waals surface area contributed by atoms with Gasteiger partial charge < -0.3 is 16.0 Å².